The molecule has 1 aromatic carbocycles. The van der Waals surface area contributed by atoms with Gasteiger partial charge in [0.2, 0.25) is 0 Å². The van der Waals surface area contributed by atoms with Crippen molar-refractivity contribution in [3.63, 3.8) is 0 Å². The molecule has 0 fully saturated rings. The summed E-state index contributed by atoms with van der Waals surface area (Å²) in [6.45, 7) is 2.12. The van der Waals surface area contributed by atoms with Gasteiger partial charge in [-0.25, -0.2) is 0 Å². The number of fused-ring (bicyclic) bond motifs is 1. The molecular formula is C14H13NS2. The summed E-state index contributed by atoms with van der Waals surface area (Å²) in [5, 5.41) is 3.41. The summed E-state index contributed by atoms with van der Waals surface area (Å²) < 4.78 is 1.31. The van der Waals surface area contributed by atoms with Crippen molar-refractivity contribution in [3.8, 4) is 0 Å². The van der Waals surface area contributed by atoms with Gasteiger partial charge in [-0.2, -0.15) is 0 Å². The molecule has 0 aliphatic rings. The Morgan fingerprint density at radius 2 is 2.00 bits per heavy atom. The van der Waals surface area contributed by atoms with Crippen LogP contribution in [0.1, 0.15) is 21.4 Å². The standard InChI is InChI=1S/C14H13NS2/c1-9-5-6-12(17-9)13(15)11-4-2-3-10-7-8-16-14(10)11/h2-8,13H,15H2,1H3. The largest absolute Gasteiger partial charge is 0.320 e. The third-order valence-corrected chi connectivity index (χ3v) is 4.98. The van der Waals surface area contributed by atoms with Crippen LogP contribution in [0.15, 0.2) is 41.8 Å². The highest BCUT2D eigenvalue weighted by Gasteiger charge is 2.14. The van der Waals surface area contributed by atoms with Crippen LogP contribution in [-0.2, 0) is 0 Å². The van der Waals surface area contributed by atoms with Crippen LogP contribution in [0.3, 0.4) is 0 Å². The molecule has 3 rings (SSSR count). The SMILES string of the molecule is Cc1ccc(C(N)c2cccc3ccsc23)s1. The molecule has 0 bridgehead atoms. The van der Waals surface area contributed by atoms with Crippen molar-refractivity contribution in [2.75, 3.05) is 0 Å². The summed E-state index contributed by atoms with van der Waals surface area (Å²) >= 11 is 3.55. The van der Waals surface area contributed by atoms with Gasteiger partial charge in [-0.3, -0.25) is 0 Å². The van der Waals surface area contributed by atoms with Crippen molar-refractivity contribution in [1.29, 1.82) is 0 Å². The fourth-order valence-corrected chi connectivity index (χ4v) is 3.89. The third-order valence-electron chi connectivity index (χ3n) is 2.91. The number of benzene rings is 1. The first-order valence-corrected chi connectivity index (χ1v) is 7.23. The van der Waals surface area contributed by atoms with Gasteiger partial charge in [0.1, 0.15) is 0 Å². The minimum atomic E-state index is -0.00366. The lowest BCUT2D eigenvalue weighted by molar-refractivity contribution is 0.905. The molecule has 0 radical (unpaired) electrons. The van der Waals surface area contributed by atoms with E-state index < -0.39 is 0 Å². The number of thiophene rings is 2. The summed E-state index contributed by atoms with van der Waals surface area (Å²) in [5.74, 6) is 0. The molecule has 2 aromatic heterocycles. The van der Waals surface area contributed by atoms with E-state index in [1.807, 2.05) is 0 Å². The second-order valence-corrected chi connectivity index (χ2v) is 6.35. The van der Waals surface area contributed by atoms with Crippen LogP contribution in [-0.4, -0.2) is 0 Å². The second-order valence-electron chi connectivity index (χ2n) is 4.11. The first-order valence-electron chi connectivity index (χ1n) is 5.54. The van der Waals surface area contributed by atoms with Gasteiger partial charge >= 0.3 is 0 Å². The Bertz CT molecular complexity index is 651. The van der Waals surface area contributed by atoms with Gasteiger partial charge in [0, 0.05) is 14.5 Å². The highest BCUT2D eigenvalue weighted by Crippen LogP contribution is 2.33. The Morgan fingerprint density at radius 3 is 2.76 bits per heavy atom. The van der Waals surface area contributed by atoms with E-state index >= 15 is 0 Å². The molecule has 0 saturated heterocycles. The summed E-state index contributed by atoms with van der Waals surface area (Å²) in [6.07, 6.45) is 0. The predicted octanol–water partition coefficient (Wildman–Crippen LogP) is 4.32. The van der Waals surface area contributed by atoms with E-state index in [0.717, 1.165) is 0 Å². The predicted molar refractivity (Wildman–Crippen MR) is 76.9 cm³/mol. The molecule has 1 nitrogen and oxygen atoms in total. The summed E-state index contributed by atoms with van der Waals surface area (Å²) in [4.78, 5) is 2.55. The first kappa shape index (κ1) is 11.0. The van der Waals surface area contributed by atoms with Crippen molar-refractivity contribution < 1.29 is 0 Å². The van der Waals surface area contributed by atoms with E-state index in [0.29, 0.717) is 0 Å². The van der Waals surface area contributed by atoms with Gasteiger partial charge in [0.25, 0.3) is 0 Å². The lowest BCUT2D eigenvalue weighted by atomic mass is 10.0. The zero-order chi connectivity index (χ0) is 11.8. The van der Waals surface area contributed by atoms with Crippen molar-refractivity contribution in [1.82, 2.24) is 0 Å². The Hall–Kier alpha value is -1.16. The first-order chi connectivity index (χ1) is 8.25. The average Bonchev–Trinajstić information content (AvgIpc) is 2.95. The second kappa shape index (κ2) is 4.26. The number of nitrogens with two attached hydrogens (primary N) is 1. The molecule has 2 N–H and O–H groups in total. The zero-order valence-corrected chi connectivity index (χ0v) is 11.1. The number of hydrogen-bond acceptors (Lipinski definition) is 3. The number of hydrogen-bond donors (Lipinski definition) is 1. The molecule has 0 spiro atoms. The lowest BCUT2D eigenvalue weighted by Crippen LogP contribution is -2.10. The summed E-state index contributed by atoms with van der Waals surface area (Å²) in [5.41, 5.74) is 7.61. The third kappa shape index (κ3) is 1.90. The Kier molecular flexibility index (Phi) is 2.74. The maximum atomic E-state index is 6.37. The van der Waals surface area contributed by atoms with Gasteiger partial charge < -0.3 is 5.73 Å². The van der Waals surface area contributed by atoms with Gasteiger partial charge in [-0.1, -0.05) is 18.2 Å². The topological polar surface area (TPSA) is 26.0 Å². The minimum absolute atomic E-state index is 0.00366. The summed E-state index contributed by atoms with van der Waals surface area (Å²) in [7, 11) is 0. The van der Waals surface area contributed by atoms with Crippen LogP contribution in [0.25, 0.3) is 10.1 Å². The number of rotatable bonds is 2. The highest BCUT2D eigenvalue weighted by molar-refractivity contribution is 7.17. The van der Waals surface area contributed by atoms with Crippen molar-refractivity contribution in [2.24, 2.45) is 5.73 Å². The fraction of sp³-hybridized carbons (Fsp3) is 0.143. The smallest absolute Gasteiger partial charge is 0.0660 e. The van der Waals surface area contributed by atoms with Crippen molar-refractivity contribution >= 4 is 32.8 Å². The normalized spacial score (nSPS) is 13.1. The van der Waals surface area contributed by atoms with Crippen LogP contribution in [0.2, 0.25) is 0 Å². The minimum Gasteiger partial charge on any atom is -0.320 e. The Morgan fingerprint density at radius 1 is 1.12 bits per heavy atom. The molecule has 0 amide bonds. The molecule has 0 saturated carbocycles. The van der Waals surface area contributed by atoms with Gasteiger partial charge in [0.05, 0.1) is 6.04 Å². The van der Waals surface area contributed by atoms with E-state index in [1.54, 1.807) is 22.7 Å². The van der Waals surface area contributed by atoms with E-state index in [-0.39, 0.29) is 6.04 Å². The van der Waals surface area contributed by atoms with E-state index in [9.17, 15) is 0 Å². The molecule has 3 aromatic rings. The Labute approximate surface area is 109 Å². The number of aryl methyl sites for hydroxylation is 1. The molecule has 86 valence electrons. The van der Waals surface area contributed by atoms with E-state index in [2.05, 4.69) is 48.7 Å². The molecule has 1 unspecified atom stereocenters. The fourth-order valence-electron chi connectivity index (χ4n) is 2.03. The Balaban J connectivity index is 2.12. The van der Waals surface area contributed by atoms with Gasteiger partial charge in [0.15, 0.2) is 0 Å². The molecule has 3 heteroatoms. The van der Waals surface area contributed by atoms with Crippen molar-refractivity contribution in [3.05, 3.63) is 57.1 Å². The average molecular weight is 259 g/mol. The van der Waals surface area contributed by atoms with Crippen LogP contribution in [0, 0.1) is 6.92 Å². The molecule has 0 aliphatic carbocycles. The van der Waals surface area contributed by atoms with Crippen LogP contribution in [0.5, 0.6) is 0 Å². The van der Waals surface area contributed by atoms with Gasteiger partial charge in [-0.05, 0) is 41.5 Å². The monoisotopic (exact) mass is 259 g/mol. The van der Waals surface area contributed by atoms with Gasteiger partial charge in [-0.15, -0.1) is 22.7 Å². The van der Waals surface area contributed by atoms with E-state index in [4.69, 9.17) is 5.73 Å². The van der Waals surface area contributed by atoms with Crippen LogP contribution < -0.4 is 5.73 Å². The van der Waals surface area contributed by atoms with Crippen LogP contribution >= 0.6 is 22.7 Å². The molecule has 2 heterocycles. The van der Waals surface area contributed by atoms with E-state index in [1.165, 1.54) is 25.4 Å². The molecule has 1 atom stereocenters. The molecule has 0 aliphatic heterocycles. The quantitative estimate of drug-likeness (QED) is 0.728. The molecule has 17 heavy (non-hydrogen) atoms. The maximum absolute atomic E-state index is 6.37. The lowest BCUT2D eigenvalue weighted by Gasteiger charge is -2.11. The summed E-state index contributed by atoms with van der Waals surface area (Å²) in [6, 6.07) is 12.8. The van der Waals surface area contributed by atoms with Crippen LogP contribution in [0.4, 0.5) is 0 Å². The zero-order valence-electron chi connectivity index (χ0n) is 9.51. The molecular weight excluding hydrogens is 246 g/mol. The van der Waals surface area contributed by atoms with Crippen molar-refractivity contribution in [2.45, 2.75) is 13.0 Å². The highest BCUT2D eigenvalue weighted by atomic mass is 32.1. The maximum Gasteiger partial charge on any atom is 0.0660 e.